The van der Waals surface area contributed by atoms with Gasteiger partial charge in [0.25, 0.3) is 0 Å². The zero-order valence-electron chi connectivity index (χ0n) is 22.0. The number of methoxy groups -OCH3 is 6. The summed E-state index contributed by atoms with van der Waals surface area (Å²) >= 11 is 0. The molecule has 0 spiro atoms. The highest BCUT2D eigenvalue weighted by molar-refractivity contribution is 6.30. The van der Waals surface area contributed by atoms with Crippen LogP contribution >= 0.6 is 0 Å². The van der Waals surface area contributed by atoms with Crippen molar-refractivity contribution in [3.05, 3.63) is 52.1 Å². The quantitative estimate of drug-likeness (QED) is 0.421. The van der Waals surface area contributed by atoms with Crippen molar-refractivity contribution in [2.45, 2.75) is 37.6 Å². The van der Waals surface area contributed by atoms with Crippen molar-refractivity contribution in [1.82, 2.24) is 0 Å². The lowest BCUT2D eigenvalue weighted by Gasteiger charge is -2.44. The van der Waals surface area contributed by atoms with Crippen molar-refractivity contribution >= 4 is 11.6 Å². The van der Waals surface area contributed by atoms with E-state index in [-0.39, 0.29) is 40.4 Å². The van der Waals surface area contributed by atoms with Gasteiger partial charge >= 0.3 is 0 Å². The molecule has 2 aromatic carbocycles. The number of carbonyl (C=O) groups excluding carboxylic acids is 2. The summed E-state index contributed by atoms with van der Waals surface area (Å²) in [5.41, 5.74) is 1.49. The van der Waals surface area contributed by atoms with Gasteiger partial charge in [-0.05, 0) is 30.7 Å². The van der Waals surface area contributed by atoms with E-state index in [0.717, 1.165) is 5.56 Å². The fourth-order valence-corrected chi connectivity index (χ4v) is 5.01. The standard InChI is InChI=1S/C27H32O10/c1-13-8-15-20(17(9-13)32-4)23(29)21-16(22(15)28)10-14(31-3)11-18(21)36-27-26(35-7)25(34-6)24(33-5)19(37-27)12-30-2/h8-11,19,24-27H,12H2,1-7H3/t19-,24-,25+,26-,27-/m1/s1. The van der Waals surface area contributed by atoms with E-state index in [2.05, 4.69) is 0 Å². The van der Waals surface area contributed by atoms with Gasteiger partial charge in [-0.25, -0.2) is 0 Å². The summed E-state index contributed by atoms with van der Waals surface area (Å²) in [6, 6.07) is 6.47. The predicted octanol–water partition coefficient (Wildman–Crippen LogP) is 2.58. The summed E-state index contributed by atoms with van der Waals surface area (Å²) in [7, 11) is 9.06. The third-order valence-electron chi connectivity index (χ3n) is 6.70. The fourth-order valence-electron chi connectivity index (χ4n) is 5.01. The van der Waals surface area contributed by atoms with Crippen LogP contribution in [0, 0.1) is 6.92 Å². The molecule has 0 radical (unpaired) electrons. The third-order valence-corrected chi connectivity index (χ3v) is 6.70. The van der Waals surface area contributed by atoms with E-state index in [0.29, 0.717) is 11.5 Å². The highest BCUT2D eigenvalue weighted by Gasteiger charge is 2.49. The molecule has 0 N–H and O–H groups in total. The molecule has 0 amide bonds. The van der Waals surface area contributed by atoms with E-state index >= 15 is 0 Å². The van der Waals surface area contributed by atoms with Crippen LogP contribution in [-0.4, -0.2) is 91.5 Å². The summed E-state index contributed by atoms with van der Waals surface area (Å²) in [5.74, 6) is 0.0150. The van der Waals surface area contributed by atoms with Gasteiger partial charge in [0.15, 0.2) is 5.78 Å². The third kappa shape index (κ3) is 4.71. The number of rotatable bonds is 9. The summed E-state index contributed by atoms with van der Waals surface area (Å²) in [6.45, 7) is 2.03. The minimum Gasteiger partial charge on any atom is -0.497 e. The predicted molar refractivity (Wildman–Crippen MR) is 131 cm³/mol. The Labute approximate surface area is 215 Å². The van der Waals surface area contributed by atoms with Gasteiger partial charge in [-0.3, -0.25) is 9.59 Å². The van der Waals surface area contributed by atoms with Gasteiger partial charge in [-0.15, -0.1) is 0 Å². The fraction of sp³-hybridized carbons (Fsp3) is 0.481. The molecule has 0 bridgehead atoms. The molecule has 0 saturated carbocycles. The molecule has 5 atom stereocenters. The Morgan fingerprint density at radius 3 is 1.97 bits per heavy atom. The molecule has 1 aliphatic heterocycles. The number of ketones is 2. The van der Waals surface area contributed by atoms with Gasteiger partial charge in [0.1, 0.15) is 41.7 Å². The zero-order valence-corrected chi connectivity index (χ0v) is 22.0. The second-order valence-corrected chi connectivity index (χ2v) is 8.81. The van der Waals surface area contributed by atoms with Crippen molar-refractivity contribution in [1.29, 1.82) is 0 Å². The Balaban J connectivity index is 1.82. The average molecular weight is 517 g/mol. The summed E-state index contributed by atoms with van der Waals surface area (Å²) in [4.78, 5) is 27.5. The maximum atomic E-state index is 13.9. The smallest absolute Gasteiger partial charge is 0.229 e. The maximum absolute atomic E-state index is 13.9. The number of ether oxygens (including phenoxy) is 8. The molecular weight excluding hydrogens is 484 g/mol. The highest BCUT2D eigenvalue weighted by atomic mass is 16.7. The van der Waals surface area contributed by atoms with E-state index in [9.17, 15) is 9.59 Å². The molecule has 200 valence electrons. The lowest BCUT2D eigenvalue weighted by molar-refractivity contribution is -0.292. The lowest BCUT2D eigenvalue weighted by atomic mass is 9.82. The van der Waals surface area contributed by atoms with Crippen molar-refractivity contribution < 1.29 is 47.5 Å². The topological polar surface area (TPSA) is 108 Å². The molecule has 37 heavy (non-hydrogen) atoms. The SMILES string of the molecule is COC[C@H]1O[C@@H](Oc2cc(OC)cc3c2C(=O)c2c(OC)cc(C)cc2C3=O)[C@H](OC)[C@@H](OC)[C@@H]1OC. The first-order chi connectivity index (χ1) is 17.8. The number of aryl methyl sites for hydroxylation is 1. The Hall–Kier alpha value is -3.02. The molecule has 2 aromatic rings. The Kier molecular flexibility index (Phi) is 8.15. The normalized spacial score (nSPS) is 24.9. The first-order valence-electron chi connectivity index (χ1n) is 11.7. The second-order valence-electron chi connectivity index (χ2n) is 8.81. The van der Waals surface area contributed by atoms with E-state index in [4.69, 9.17) is 37.9 Å². The molecule has 1 heterocycles. The van der Waals surface area contributed by atoms with Crippen LogP contribution in [0.1, 0.15) is 37.4 Å². The lowest BCUT2D eigenvalue weighted by Crippen LogP contribution is -2.62. The van der Waals surface area contributed by atoms with Crippen molar-refractivity contribution in [3.63, 3.8) is 0 Å². The highest BCUT2D eigenvalue weighted by Crippen LogP contribution is 2.41. The van der Waals surface area contributed by atoms with Crippen molar-refractivity contribution in [2.24, 2.45) is 0 Å². The van der Waals surface area contributed by atoms with E-state index < -0.39 is 36.5 Å². The van der Waals surface area contributed by atoms with Gasteiger partial charge in [-0.1, -0.05) is 0 Å². The van der Waals surface area contributed by atoms with Crippen LogP contribution in [-0.2, 0) is 23.7 Å². The van der Waals surface area contributed by atoms with Gasteiger partial charge in [0.05, 0.1) is 32.0 Å². The van der Waals surface area contributed by atoms with Crippen LogP contribution in [0.3, 0.4) is 0 Å². The largest absolute Gasteiger partial charge is 0.497 e. The Morgan fingerprint density at radius 2 is 1.38 bits per heavy atom. The van der Waals surface area contributed by atoms with Crippen LogP contribution in [0.2, 0.25) is 0 Å². The molecule has 10 heteroatoms. The van der Waals surface area contributed by atoms with Gasteiger partial charge in [-0.2, -0.15) is 0 Å². The van der Waals surface area contributed by atoms with Gasteiger partial charge in [0.2, 0.25) is 12.1 Å². The number of carbonyl (C=O) groups is 2. The van der Waals surface area contributed by atoms with Crippen LogP contribution in [0.4, 0.5) is 0 Å². The average Bonchev–Trinajstić information content (AvgIpc) is 2.90. The van der Waals surface area contributed by atoms with Gasteiger partial charge < -0.3 is 37.9 Å². The molecular formula is C27H32O10. The van der Waals surface area contributed by atoms with E-state index in [1.807, 2.05) is 6.92 Å². The molecule has 0 unspecified atom stereocenters. The maximum Gasteiger partial charge on any atom is 0.229 e. The van der Waals surface area contributed by atoms with Crippen LogP contribution < -0.4 is 14.2 Å². The molecule has 1 fully saturated rings. The second kappa shape index (κ2) is 11.2. The number of hydrogen-bond donors (Lipinski definition) is 0. The van der Waals surface area contributed by atoms with Crippen LogP contribution in [0.25, 0.3) is 0 Å². The van der Waals surface area contributed by atoms with Gasteiger partial charge in [0, 0.05) is 45.6 Å². The zero-order chi connectivity index (χ0) is 26.9. The van der Waals surface area contributed by atoms with Crippen molar-refractivity contribution in [3.8, 4) is 17.2 Å². The molecule has 1 aliphatic carbocycles. The minimum atomic E-state index is -1.03. The molecule has 0 aromatic heterocycles. The van der Waals surface area contributed by atoms with E-state index in [1.54, 1.807) is 32.4 Å². The summed E-state index contributed by atoms with van der Waals surface area (Å²) in [6.07, 6.45) is -3.39. The number of fused-ring (bicyclic) bond motifs is 2. The Morgan fingerprint density at radius 1 is 0.730 bits per heavy atom. The number of benzene rings is 2. The van der Waals surface area contributed by atoms with Crippen LogP contribution in [0.5, 0.6) is 17.2 Å². The molecule has 10 nitrogen and oxygen atoms in total. The first kappa shape index (κ1) is 27.0. The van der Waals surface area contributed by atoms with E-state index in [1.165, 1.54) is 34.5 Å². The monoisotopic (exact) mass is 516 g/mol. The number of hydrogen-bond acceptors (Lipinski definition) is 10. The Bertz CT molecular complexity index is 1180. The first-order valence-corrected chi connectivity index (χ1v) is 11.7. The molecule has 1 saturated heterocycles. The molecule has 2 aliphatic rings. The summed E-state index contributed by atoms with van der Waals surface area (Å²) in [5, 5.41) is 0. The van der Waals surface area contributed by atoms with Crippen molar-refractivity contribution in [2.75, 3.05) is 49.3 Å². The van der Waals surface area contributed by atoms with Crippen LogP contribution in [0.15, 0.2) is 24.3 Å². The molecule has 4 rings (SSSR count). The minimum absolute atomic E-state index is 0.0880. The summed E-state index contributed by atoms with van der Waals surface area (Å²) < 4.78 is 45.7.